The molecule has 1 aliphatic rings. The topological polar surface area (TPSA) is 52.5 Å². The third-order valence-corrected chi connectivity index (χ3v) is 7.58. The first-order chi connectivity index (χ1) is 17.9. The van der Waals surface area contributed by atoms with Gasteiger partial charge in [-0.05, 0) is 66.8 Å². The minimum Gasteiger partial charge on any atom is -0.497 e. The predicted octanol–water partition coefficient (Wildman–Crippen LogP) is 6.56. The van der Waals surface area contributed by atoms with E-state index in [1.807, 2.05) is 36.4 Å². The molecule has 1 saturated heterocycles. The maximum Gasteiger partial charge on any atom is 0.221 e. The summed E-state index contributed by atoms with van der Waals surface area (Å²) < 4.78 is 13.5. The van der Waals surface area contributed by atoms with E-state index in [0.29, 0.717) is 18.0 Å². The summed E-state index contributed by atoms with van der Waals surface area (Å²) in [5.74, 6) is 0.743. The zero-order valence-electron chi connectivity index (χ0n) is 21.4. The molecule has 1 amide bonds. The predicted molar refractivity (Wildman–Crippen MR) is 149 cm³/mol. The Kier molecular flexibility index (Phi) is 7.54. The van der Waals surface area contributed by atoms with Gasteiger partial charge in [-0.25, -0.2) is 0 Å². The van der Waals surface area contributed by atoms with E-state index in [2.05, 4.69) is 59.4 Å². The van der Waals surface area contributed by atoms with Crippen molar-refractivity contribution in [3.05, 3.63) is 101 Å². The summed E-state index contributed by atoms with van der Waals surface area (Å²) in [4.78, 5) is 13.2. The molecule has 2 atom stereocenters. The molecule has 5 rings (SSSR count). The number of benzene rings is 3. The minimum absolute atomic E-state index is 0.0173. The first-order valence-electron chi connectivity index (χ1n) is 12.8. The Morgan fingerprint density at radius 1 is 1.11 bits per heavy atom. The van der Waals surface area contributed by atoms with E-state index in [9.17, 15) is 4.79 Å². The molecular formula is C31H33ClN2O3. The van der Waals surface area contributed by atoms with Gasteiger partial charge in [0.25, 0.3) is 0 Å². The van der Waals surface area contributed by atoms with Crippen LogP contribution >= 0.6 is 11.6 Å². The standard InChI is InChI=1S/C31H33ClN2O3/c1-31(16-5-17-37-31)21-33-30(35)18-27(23-10-12-24(32)13-11-23)28-20-34(29-7-4-3-6-26(28)29)19-22-8-14-25(36-2)15-9-22/h3-4,6-15,20,27H,5,16-19,21H2,1-2H3,(H,33,35)/t27-,31+/m0/s1. The number of nitrogens with zero attached hydrogens (tertiary/aromatic N) is 1. The Labute approximate surface area is 223 Å². The molecule has 0 unspecified atom stereocenters. The maximum atomic E-state index is 13.2. The van der Waals surface area contributed by atoms with Crippen molar-refractivity contribution in [3.8, 4) is 5.75 Å². The SMILES string of the molecule is COc1ccc(Cn2cc([C@@H](CC(=O)NC[C@@]3(C)CCCO3)c3ccc(Cl)cc3)c3ccccc32)cc1. The van der Waals surface area contributed by atoms with Crippen LogP contribution in [0.25, 0.3) is 10.9 Å². The lowest BCUT2D eigenvalue weighted by Crippen LogP contribution is -2.40. The molecular weight excluding hydrogens is 484 g/mol. The van der Waals surface area contributed by atoms with E-state index in [1.54, 1.807) is 7.11 Å². The quantitative estimate of drug-likeness (QED) is 0.274. The number of carbonyl (C=O) groups is 1. The lowest BCUT2D eigenvalue weighted by atomic mass is 9.88. The van der Waals surface area contributed by atoms with Crippen LogP contribution in [0.2, 0.25) is 5.02 Å². The van der Waals surface area contributed by atoms with Gasteiger partial charge in [-0.1, -0.05) is 54.1 Å². The van der Waals surface area contributed by atoms with Gasteiger partial charge in [0.15, 0.2) is 0 Å². The third kappa shape index (κ3) is 5.84. The van der Waals surface area contributed by atoms with Gasteiger partial charge in [-0.2, -0.15) is 0 Å². The molecule has 1 aromatic heterocycles. The monoisotopic (exact) mass is 516 g/mol. The molecule has 3 aromatic carbocycles. The van der Waals surface area contributed by atoms with Gasteiger partial charge in [0, 0.05) is 54.2 Å². The maximum absolute atomic E-state index is 13.2. The molecule has 1 aliphatic heterocycles. The summed E-state index contributed by atoms with van der Waals surface area (Å²) >= 11 is 6.21. The molecule has 0 saturated carbocycles. The number of para-hydroxylation sites is 1. The van der Waals surface area contributed by atoms with Gasteiger partial charge >= 0.3 is 0 Å². The van der Waals surface area contributed by atoms with E-state index in [1.165, 1.54) is 5.56 Å². The second kappa shape index (κ2) is 11.0. The Bertz CT molecular complexity index is 1360. The fraction of sp³-hybridized carbons (Fsp3) is 0.323. The van der Waals surface area contributed by atoms with Gasteiger partial charge in [0.05, 0.1) is 12.7 Å². The second-order valence-corrected chi connectivity index (χ2v) is 10.5. The summed E-state index contributed by atoms with van der Waals surface area (Å²) in [5, 5.41) is 4.97. The summed E-state index contributed by atoms with van der Waals surface area (Å²) in [7, 11) is 1.68. The van der Waals surface area contributed by atoms with Gasteiger partial charge in [0.1, 0.15) is 5.75 Å². The number of carbonyl (C=O) groups excluding carboxylic acids is 1. The molecule has 5 nitrogen and oxygen atoms in total. The van der Waals surface area contributed by atoms with Crippen LogP contribution in [-0.2, 0) is 16.1 Å². The Morgan fingerprint density at radius 2 is 1.86 bits per heavy atom. The number of rotatable bonds is 9. The Hall–Kier alpha value is -3.28. The molecule has 37 heavy (non-hydrogen) atoms. The van der Waals surface area contributed by atoms with Gasteiger partial charge in [-0.3, -0.25) is 4.79 Å². The number of amides is 1. The van der Waals surface area contributed by atoms with Crippen LogP contribution in [0.3, 0.4) is 0 Å². The molecule has 1 N–H and O–H groups in total. The molecule has 0 spiro atoms. The number of ether oxygens (including phenoxy) is 2. The van der Waals surface area contributed by atoms with Crippen LogP contribution in [-0.4, -0.2) is 36.3 Å². The number of hydrogen-bond donors (Lipinski definition) is 1. The summed E-state index contributed by atoms with van der Waals surface area (Å²) in [5.41, 5.74) is 4.23. The zero-order valence-corrected chi connectivity index (χ0v) is 22.1. The lowest BCUT2D eigenvalue weighted by molar-refractivity contribution is -0.122. The number of halogens is 1. The van der Waals surface area contributed by atoms with E-state index in [0.717, 1.165) is 53.8 Å². The smallest absolute Gasteiger partial charge is 0.221 e. The molecule has 192 valence electrons. The molecule has 4 aromatic rings. The van der Waals surface area contributed by atoms with Crippen LogP contribution in [0.4, 0.5) is 0 Å². The molecule has 0 aliphatic carbocycles. The van der Waals surface area contributed by atoms with Gasteiger partial charge in [-0.15, -0.1) is 0 Å². The number of methoxy groups -OCH3 is 1. The fourth-order valence-electron chi connectivity index (χ4n) is 5.23. The van der Waals surface area contributed by atoms with Crippen LogP contribution < -0.4 is 10.1 Å². The lowest BCUT2D eigenvalue weighted by Gasteiger charge is -2.24. The molecule has 2 heterocycles. The zero-order chi connectivity index (χ0) is 25.8. The van der Waals surface area contributed by atoms with Gasteiger partial charge in [0.2, 0.25) is 5.91 Å². The fourth-order valence-corrected chi connectivity index (χ4v) is 5.36. The first kappa shape index (κ1) is 25.4. The normalized spacial score (nSPS) is 18.1. The van der Waals surface area contributed by atoms with E-state index in [-0.39, 0.29) is 17.4 Å². The highest BCUT2D eigenvalue weighted by Gasteiger charge is 2.31. The number of fused-ring (bicyclic) bond motifs is 1. The molecule has 6 heteroatoms. The average molecular weight is 517 g/mol. The van der Waals surface area contributed by atoms with E-state index >= 15 is 0 Å². The van der Waals surface area contributed by atoms with E-state index < -0.39 is 0 Å². The number of aromatic nitrogens is 1. The van der Waals surface area contributed by atoms with Crippen LogP contribution in [0.15, 0.2) is 79.0 Å². The van der Waals surface area contributed by atoms with Crippen molar-refractivity contribution in [2.45, 2.75) is 44.2 Å². The van der Waals surface area contributed by atoms with Crippen molar-refractivity contribution in [2.24, 2.45) is 0 Å². The van der Waals surface area contributed by atoms with Gasteiger partial charge < -0.3 is 19.4 Å². The van der Waals surface area contributed by atoms with Crippen LogP contribution in [0, 0.1) is 0 Å². The summed E-state index contributed by atoms with van der Waals surface area (Å²) in [6.45, 7) is 4.08. The Balaban J connectivity index is 1.47. The molecule has 1 fully saturated rings. The van der Waals surface area contributed by atoms with E-state index in [4.69, 9.17) is 21.1 Å². The van der Waals surface area contributed by atoms with Crippen molar-refractivity contribution in [3.63, 3.8) is 0 Å². The highest BCUT2D eigenvalue weighted by molar-refractivity contribution is 6.30. The van der Waals surface area contributed by atoms with Crippen molar-refractivity contribution in [2.75, 3.05) is 20.3 Å². The number of nitrogens with one attached hydrogen (secondary N) is 1. The highest BCUT2D eigenvalue weighted by atomic mass is 35.5. The highest BCUT2D eigenvalue weighted by Crippen LogP contribution is 2.36. The average Bonchev–Trinajstić information content (AvgIpc) is 3.51. The molecule has 0 bridgehead atoms. The van der Waals surface area contributed by atoms with Crippen molar-refractivity contribution in [1.82, 2.24) is 9.88 Å². The number of hydrogen-bond acceptors (Lipinski definition) is 3. The van der Waals surface area contributed by atoms with Crippen molar-refractivity contribution < 1.29 is 14.3 Å². The van der Waals surface area contributed by atoms with Crippen molar-refractivity contribution in [1.29, 1.82) is 0 Å². The second-order valence-electron chi connectivity index (χ2n) is 10.1. The van der Waals surface area contributed by atoms with Crippen molar-refractivity contribution >= 4 is 28.4 Å². The summed E-state index contributed by atoms with van der Waals surface area (Å²) in [6.07, 6.45) is 4.54. The largest absolute Gasteiger partial charge is 0.497 e. The summed E-state index contributed by atoms with van der Waals surface area (Å²) in [6, 6.07) is 24.4. The first-order valence-corrected chi connectivity index (χ1v) is 13.2. The Morgan fingerprint density at radius 3 is 2.57 bits per heavy atom. The minimum atomic E-state index is -0.278. The third-order valence-electron chi connectivity index (χ3n) is 7.33. The van der Waals surface area contributed by atoms with Crippen LogP contribution in [0.1, 0.15) is 48.8 Å². The molecule has 0 radical (unpaired) electrons. The van der Waals surface area contributed by atoms with Crippen LogP contribution in [0.5, 0.6) is 5.75 Å².